The fourth-order valence-electron chi connectivity index (χ4n) is 4.44. The Balaban J connectivity index is 1.45. The molecule has 1 aliphatic carbocycles. The molecule has 0 radical (unpaired) electrons. The van der Waals surface area contributed by atoms with E-state index in [9.17, 15) is 14.7 Å². The molecule has 1 unspecified atom stereocenters. The van der Waals surface area contributed by atoms with E-state index in [-0.39, 0.29) is 18.0 Å². The van der Waals surface area contributed by atoms with Crippen LogP contribution in [0.5, 0.6) is 0 Å². The molecule has 0 saturated carbocycles. The summed E-state index contributed by atoms with van der Waals surface area (Å²) in [5.74, 6) is -0.264. The number of benzene rings is 2. The zero-order chi connectivity index (χ0) is 22.5. The molecule has 32 heavy (non-hydrogen) atoms. The van der Waals surface area contributed by atoms with E-state index in [0.717, 1.165) is 29.8 Å². The van der Waals surface area contributed by atoms with Gasteiger partial charge in [0.05, 0.1) is 12.1 Å². The predicted octanol–water partition coefficient (Wildman–Crippen LogP) is 1.20. The molecule has 170 valence electrons. The van der Waals surface area contributed by atoms with Crippen molar-refractivity contribution in [2.75, 3.05) is 33.2 Å². The molecular formula is C25H32N4O3. The SMILES string of the molecule is CN1CCN(C(=O)NC(Cc2ccccc2)C(=O)N[C@@H]2Cc3ccccc3C[C@H]2O)CC1. The van der Waals surface area contributed by atoms with Crippen LogP contribution < -0.4 is 10.6 Å². The van der Waals surface area contributed by atoms with Crippen molar-refractivity contribution in [3.05, 3.63) is 71.3 Å². The van der Waals surface area contributed by atoms with Gasteiger partial charge < -0.3 is 25.5 Å². The molecule has 1 saturated heterocycles. The number of rotatable bonds is 5. The van der Waals surface area contributed by atoms with Gasteiger partial charge in [0.25, 0.3) is 0 Å². The minimum absolute atomic E-state index is 0.219. The van der Waals surface area contributed by atoms with Crippen LogP contribution in [0.2, 0.25) is 0 Å². The second-order valence-corrected chi connectivity index (χ2v) is 8.84. The van der Waals surface area contributed by atoms with Crippen molar-refractivity contribution in [3.63, 3.8) is 0 Å². The summed E-state index contributed by atoms with van der Waals surface area (Å²) in [5.41, 5.74) is 3.24. The number of carbonyl (C=O) groups excluding carboxylic acids is 2. The summed E-state index contributed by atoms with van der Waals surface area (Å²) in [7, 11) is 2.04. The summed E-state index contributed by atoms with van der Waals surface area (Å²) in [6.07, 6.45) is 0.830. The van der Waals surface area contributed by atoms with Crippen LogP contribution in [0.3, 0.4) is 0 Å². The Labute approximate surface area is 189 Å². The molecule has 2 aliphatic rings. The molecule has 7 nitrogen and oxygen atoms in total. The first kappa shape index (κ1) is 22.3. The van der Waals surface area contributed by atoms with Gasteiger partial charge in [-0.1, -0.05) is 54.6 Å². The average Bonchev–Trinajstić information content (AvgIpc) is 2.80. The van der Waals surface area contributed by atoms with Crippen molar-refractivity contribution in [1.29, 1.82) is 0 Å². The minimum atomic E-state index is -0.714. The zero-order valence-electron chi connectivity index (χ0n) is 18.5. The second kappa shape index (κ2) is 10.1. The van der Waals surface area contributed by atoms with Crippen LogP contribution in [-0.2, 0) is 24.1 Å². The molecule has 0 bridgehead atoms. The topological polar surface area (TPSA) is 84.9 Å². The van der Waals surface area contributed by atoms with Crippen LogP contribution in [0.1, 0.15) is 16.7 Å². The Bertz CT molecular complexity index is 928. The van der Waals surface area contributed by atoms with Crippen LogP contribution in [-0.4, -0.2) is 78.3 Å². The number of amides is 3. The van der Waals surface area contributed by atoms with Gasteiger partial charge in [-0.2, -0.15) is 0 Å². The first-order valence-electron chi connectivity index (χ1n) is 11.3. The van der Waals surface area contributed by atoms with Crippen LogP contribution in [0.15, 0.2) is 54.6 Å². The van der Waals surface area contributed by atoms with Gasteiger partial charge in [0, 0.05) is 39.0 Å². The average molecular weight is 437 g/mol. The summed E-state index contributed by atoms with van der Waals surface area (Å²) in [4.78, 5) is 30.1. The fourth-order valence-corrected chi connectivity index (χ4v) is 4.44. The number of fused-ring (bicyclic) bond motifs is 1. The summed E-state index contributed by atoms with van der Waals surface area (Å²) in [6, 6.07) is 16.4. The maximum absolute atomic E-state index is 13.3. The first-order chi connectivity index (χ1) is 15.5. The van der Waals surface area contributed by atoms with Crippen LogP contribution in [0.4, 0.5) is 4.79 Å². The van der Waals surface area contributed by atoms with Crippen LogP contribution >= 0.6 is 0 Å². The lowest BCUT2D eigenvalue weighted by molar-refractivity contribution is -0.124. The minimum Gasteiger partial charge on any atom is -0.391 e. The van der Waals surface area contributed by atoms with Gasteiger partial charge in [-0.05, 0) is 30.2 Å². The number of urea groups is 1. The molecule has 3 N–H and O–H groups in total. The Hall–Kier alpha value is -2.90. The number of aliphatic hydroxyl groups excluding tert-OH is 1. The molecule has 2 aromatic carbocycles. The highest BCUT2D eigenvalue weighted by Gasteiger charge is 2.31. The number of likely N-dealkylation sites (N-methyl/N-ethyl adjacent to an activating group) is 1. The highest BCUT2D eigenvalue weighted by molar-refractivity contribution is 5.87. The monoisotopic (exact) mass is 436 g/mol. The third-order valence-corrected chi connectivity index (χ3v) is 6.47. The van der Waals surface area contributed by atoms with E-state index in [0.29, 0.717) is 32.4 Å². The molecule has 1 fully saturated rings. The largest absolute Gasteiger partial charge is 0.391 e. The van der Waals surface area contributed by atoms with Gasteiger partial charge in [0.15, 0.2) is 0 Å². The Morgan fingerprint density at radius 1 is 0.969 bits per heavy atom. The maximum Gasteiger partial charge on any atom is 0.318 e. The number of nitrogens with zero attached hydrogens (tertiary/aromatic N) is 2. The number of carbonyl (C=O) groups is 2. The molecular weight excluding hydrogens is 404 g/mol. The maximum atomic E-state index is 13.3. The Morgan fingerprint density at radius 3 is 2.28 bits per heavy atom. The Kier molecular flexibility index (Phi) is 7.07. The zero-order valence-corrected chi connectivity index (χ0v) is 18.5. The van der Waals surface area contributed by atoms with Gasteiger partial charge in [-0.25, -0.2) is 4.79 Å². The van der Waals surface area contributed by atoms with Crippen molar-refractivity contribution < 1.29 is 14.7 Å². The molecule has 1 heterocycles. The van der Waals surface area contributed by atoms with Crippen molar-refractivity contribution in [2.24, 2.45) is 0 Å². The molecule has 3 atom stereocenters. The predicted molar refractivity (Wildman–Crippen MR) is 123 cm³/mol. The molecule has 1 aliphatic heterocycles. The molecule has 0 spiro atoms. The lowest BCUT2D eigenvalue weighted by Crippen LogP contribution is -2.58. The smallest absolute Gasteiger partial charge is 0.318 e. The summed E-state index contributed by atoms with van der Waals surface area (Å²) >= 11 is 0. The fraction of sp³-hybridized carbons (Fsp3) is 0.440. The molecule has 7 heteroatoms. The van der Waals surface area contributed by atoms with Crippen molar-refractivity contribution in [2.45, 2.75) is 37.5 Å². The van der Waals surface area contributed by atoms with Crippen molar-refractivity contribution in [1.82, 2.24) is 20.4 Å². The number of hydrogen-bond donors (Lipinski definition) is 3. The number of nitrogens with one attached hydrogen (secondary N) is 2. The molecule has 4 rings (SSSR count). The van der Waals surface area contributed by atoms with E-state index in [1.54, 1.807) is 4.90 Å². The quantitative estimate of drug-likeness (QED) is 0.658. The normalized spacial score (nSPS) is 22.0. The molecule has 3 amide bonds. The lowest BCUT2D eigenvalue weighted by atomic mass is 9.86. The molecule has 0 aromatic heterocycles. The first-order valence-corrected chi connectivity index (χ1v) is 11.3. The van der Waals surface area contributed by atoms with Crippen molar-refractivity contribution in [3.8, 4) is 0 Å². The van der Waals surface area contributed by atoms with E-state index < -0.39 is 12.1 Å². The van der Waals surface area contributed by atoms with Crippen molar-refractivity contribution >= 4 is 11.9 Å². The number of piperazine rings is 1. The van der Waals surface area contributed by atoms with Gasteiger partial charge >= 0.3 is 6.03 Å². The highest BCUT2D eigenvalue weighted by atomic mass is 16.3. The standard InChI is InChI=1S/C25H32N4O3/c1-28-11-13-29(14-12-28)25(32)27-22(15-18-7-3-2-4-8-18)24(31)26-21-16-19-9-5-6-10-20(19)17-23(21)30/h2-10,21-23,30H,11-17H2,1H3,(H,26,31)(H,27,32)/t21-,22?,23-/m1/s1. The van der Waals surface area contributed by atoms with Crippen LogP contribution in [0, 0.1) is 0 Å². The van der Waals surface area contributed by atoms with E-state index in [4.69, 9.17) is 0 Å². The summed E-state index contributed by atoms with van der Waals surface area (Å²) in [5, 5.41) is 16.6. The van der Waals surface area contributed by atoms with Gasteiger partial charge in [0.1, 0.15) is 6.04 Å². The lowest BCUT2D eigenvalue weighted by Gasteiger charge is -2.34. The number of hydrogen-bond acceptors (Lipinski definition) is 4. The molecule has 2 aromatic rings. The third kappa shape index (κ3) is 5.47. The Morgan fingerprint density at radius 2 is 1.59 bits per heavy atom. The van der Waals surface area contributed by atoms with Gasteiger partial charge in [-0.3, -0.25) is 4.79 Å². The second-order valence-electron chi connectivity index (χ2n) is 8.84. The number of aliphatic hydroxyl groups is 1. The summed E-state index contributed by atoms with van der Waals surface area (Å²) < 4.78 is 0. The van der Waals surface area contributed by atoms with E-state index in [2.05, 4.69) is 15.5 Å². The third-order valence-electron chi connectivity index (χ3n) is 6.47. The van der Waals surface area contributed by atoms with E-state index in [1.807, 2.05) is 61.6 Å². The van der Waals surface area contributed by atoms with E-state index >= 15 is 0 Å². The van der Waals surface area contributed by atoms with Gasteiger partial charge in [0.2, 0.25) is 5.91 Å². The highest BCUT2D eigenvalue weighted by Crippen LogP contribution is 2.22. The van der Waals surface area contributed by atoms with Crippen LogP contribution in [0.25, 0.3) is 0 Å². The summed E-state index contributed by atoms with van der Waals surface area (Å²) in [6.45, 7) is 2.91. The van der Waals surface area contributed by atoms with Gasteiger partial charge in [-0.15, -0.1) is 0 Å². The van der Waals surface area contributed by atoms with E-state index in [1.165, 1.54) is 0 Å².